The van der Waals surface area contributed by atoms with Crippen molar-refractivity contribution in [1.82, 2.24) is 10.2 Å². The molecule has 1 amide bonds. The first-order valence-electron chi connectivity index (χ1n) is 10.4. The lowest BCUT2D eigenvalue weighted by molar-refractivity contribution is -0.114. The molecular weight excluding hydrogens is 508 g/mol. The van der Waals surface area contributed by atoms with Gasteiger partial charge in [0.1, 0.15) is 17.3 Å². The molecule has 1 heterocycles. The maximum atomic E-state index is 13.5. The number of benzene rings is 3. The van der Waals surface area contributed by atoms with E-state index < -0.39 is 22.5 Å². The Morgan fingerprint density at radius 3 is 2.29 bits per heavy atom. The second-order valence-corrected chi connectivity index (χ2v) is 10.8. The van der Waals surface area contributed by atoms with E-state index in [1.807, 2.05) is 31.2 Å². The zero-order chi connectivity index (χ0) is 25.0. The van der Waals surface area contributed by atoms with Crippen LogP contribution in [0.4, 0.5) is 10.8 Å². The van der Waals surface area contributed by atoms with Crippen LogP contribution in [0.5, 0.6) is 5.75 Å². The van der Waals surface area contributed by atoms with Gasteiger partial charge >= 0.3 is 0 Å². The SMILES string of the molecule is COc1ccc(S(=O)(=O)N(CC(=O)Nc2nnc(-c3ccc(C)cc3)s2)c2ccc(Cl)cc2)cc1. The van der Waals surface area contributed by atoms with Crippen LogP contribution in [0.15, 0.2) is 77.7 Å². The third-order valence-electron chi connectivity index (χ3n) is 5.02. The summed E-state index contributed by atoms with van der Waals surface area (Å²) in [6.07, 6.45) is 0. The summed E-state index contributed by atoms with van der Waals surface area (Å²) in [5, 5.41) is 12.1. The number of nitrogens with zero attached hydrogens (tertiary/aromatic N) is 3. The molecule has 0 bridgehead atoms. The van der Waals surface area contributed by atoms with Crippen molar-refractivity contribution in [3.8, 4) is 16.3 Å². The Labute approximate surface area is 212 Å². The molecule has 1 aromatic heterocycles. The van der Waals surface area contributed by atoms with Crippen molar-refractivity contribution in [3.05, 3.63) is 83.4 Å². The van der Waals surface area contributed by atoms with Gasteiger partial charge in [0.15, 0.2) is 0 Å². The van der Waals surface area contributed by atoms with E-state index in [4.69, 9.17) is 16.3 Å². The highest BCUT2D eigenvalue weighted by Crippen LogP contribution is 2.28. The average Bonchev–Trinajstić information content (AvgIpc) is 3.32. The van der Waals surface area contributed by atoms with Gasteiger partial charge in [-0.15, -0.1) is 10.2 Å². The molecule has 0 fully saturated rings. The predicted octanol–water partition coefficient (Wildman–Crippen LogP) is 5.01. The third-order valence-corrected chi connectivity index (χ3v) is 7.95. The Hall–Kier alpha value is -3.47. The van der Waals surface area contributed by atoms with E-state index in [0.29, 0.717) is 15.8 Å². The monoisotopic (exact) mass is 528 g/mol. The number of carbonyl (C=O) groups is 1. The molecule has 0 radical (unpaired) electrons. The van der Waals surface area contributed by atoms with Crippen LogP contribution in [0, 0.1) is 6.92 Å². The topological polar surface area (TPSA) is 101 Å². The van der Waals surface area contributed by atoms with Crippen molar-refractivity contribution in [3.63, 3.8) is 0 Å². The number of methoxy groups -OCH3 is 1. The number of amides is 1. The second-order valence-electron chi connectivity index (χ2n) is 7.49. The van der Waals surface area contributed by atoms with Gasteiger partial charge in [0.2, 0.25) is 11.0 Å². The second kappa shape index (κ2) is 10.4. The minimum absolute atomic E-state index is 0.0126. The minimum Gasteiger partial charge on any atom is -0.497 e. The molecule has 0 aliphatic heterocycles. The fourth-order valence-corrected chi connectivity index (χ4v) is 5.49. The molecule has 35 heavy (non-hydrogen) atoms. The molecule has 4 rings (SSSR count). The maximum Gasteiger partial charge on any atom is 0.264 e. The van der Waals surface area contributed by atoms with E-state index in [1.54, 1.807) is 24.3 Å². The van der Waals surface area contributed by atoms with E-state index in [-0.39, 0.29) is 15.7 Å². The van der Waals surface area contributed by atoms with Gasteiger partial charge in [-0.3, -0.25) is 14.4 Å². The Morgan fingerprint density at radius 1 is 1.00 bits per heavy atom. The third kappa shape index (κ3) is 5.79. The Balaban J connectivity index is 1.58. The average molecular weight is 529 g/mol. The van der Waals surface area contributed by atoms with Crippen LogP contribution >= 0.6 is 22.9 Å². The molecule has 0 saturated carbocycles. The van der Waals surface area contributed by atoms with Gasteiger partial charge in [-0.1, -0.05) is 52.8 Å². The standard InChI is InChI=1S/C24H21ClN4O4S2/c1-16-3-5-17(6-4-16)23-27-28-24(34-23)26-22(30)15-29(19-9-7-18(25)8-10-19)35(31,32)21-13-11-20(33-2)12-14-21/h3-14H,15H2,1-2H3,(H,26,28,30). The summed E-state index contributed by atoms with van der Waals surface area (Å²) < 4.78 is 33.1. The summed E-state index contributed by atoms with van der Waals surface area (Å²) in [5.74, 6) is -0.0518. The molecule has 8 nitrogen and oxygen atoms in total. The molecular formula is C24H21ClN4O4S2. The van der Waals surface area contributed by atoms with Crippen molar-refractivity contribution < 1.29 is 17.9 Å². The summed E-state index contributed by atoms with van der Waals surface area (Å²) in [5.41, 5.74) is 2.28. The number of carbonyl (C=O) groups excluding carboxylic acids is 1. The fourth-order valence-electron chi connectivity index (χ4n) is 3.17. The van der Waals surface area contributed by atoms with Crippen LogP contribution in [-0.4, -0.2) is 38.2 Å². The van der Waals surface area contributed by atoms with E-state index in [1.165, 1.54) is 42.7 Å². The van der Waals surface area contributed by atoms with Crippen molar-refractivity contribution in [2.45, 2.75) is 11.8 Å². The van der Waals surface area contributed by atoms with Gasteiger partial charge in [-0.25, -0.2) is 8.42 Å². The molecule has 4 aromatic rings. The number of hydrogen-bond donors (Lipinski definition) is 1. The molecule has 180 valence electrons. The van der Waals surface area contributed by atoms with Crippen molar-refractivity contribution >= 4 is 49.7 Å². The van der Waals surface area contributed by atoms with Crippen LogP contribution in [0.25, 0.3) is 10.6 Å². The van der Waals surface area contributed by atoms with E-state index in [0.717, 1.165) is 15.4 Å². The molecule has 3 aromatic carbocycles. The Morgan fingerprint density at radius 2 is 1.66 bits per heavy atom. The molecule has 0 spiro atoms. The zero-order valence-corrected chi connectivity index (χ0v) is 21.2. The van der Waals surface area contributed by atoms with Gasteiger partial charge in [0, 0.05) is 10.6 Å². The quantitative estimate of drug-likeness (QED) is 0.345. The van der Waals surface area contributed by atoms with Gasteiger partial charge < -0.3 is 4.74 Å². The minimum atomic E-state index is -4.08. The zero-order valence-electron chi connectivity index (χ0n) is 18.8. The molecule has 0 aliphatic carbocycles. The first-order chi connectivity index (χ1) is 16.8. The van der Waals surface area contributed by atoms with Gasteiger partial charge in [-0.05, 0) is 55.5 Å². The largest absolute Gasteiger partial charge is 0.497 e. The fraction of sp³-hybridized carbons (Fsp3) is 0.125. The van der Waals surface area contributed by atoms with Crippen LogP contribution < -0.4 is 14.4 Å². The van der Waals surface area contributed by atoms with Crippen LogP contribution in [0.1, 0.15) is 5.56 Å². The number of halogens is 1. The molecule has 0 saturated heterocycles. The summed E-state index contributed by atoms with van der Waals surface area (Å²) in [4.78, 5) is 12.9. The lowest BCUT2D eigenvalue weighted by Crippen LogP contribution is -2.38. The molecule has 0 atom stereocenters. The number of ether oxygens (including phenoxy) is 1. The number of aryl methyl sites for hydroxylation is 1. The van der Waals surface area contributed by atoms with Crippen molar-refractivity contribution in [2.75, 3.05) is 23.3 Å². The predicted molar refractivity (Wildman–Crippen MR) is 138 cm³/mol. The first kappa shape index (κ1) is 24.6. The Bertz CT molecular complexity index is 1420. The van der Waals surface area contributed by atoms with Crippen LogP contribution in [0.3, 0.4) is 0 Å². The lowest BCUT2D eigenvalue weighted by Gasteiger charge is -2.24. The smallest absolute Gasteiger partial charge is 0.264 e. The maximum absolute atomic E-state index is 13.5. The van der Waals surface area contributed by atoms with Gasteiger partial charge in [0.05, 0.1) is 17.7 Å². The summed E-state index contributed by atoms with van der Waals surface area (Å²) in [6, 6.07) is 19.9. The molecule has 0 unspecified atom stereocenters. The molecule has 11 heteroatoms. The number of sulfonamides is 1. The summed E-state index contributed by atoms with van der Waals surface area (Å²) in [6.45, 7) is 1.51. The summed E-state index contributed by atoms with van der Waals surface area (Å²) >= 11 is 7.18. The van der Waals surface area contributed by atoms with E-state index in [2.05, 4.69) is 15.5 Å². The van der Waals surface area contributed by atoms with Crippen molar-refractivity contribution in [1.29, 1.82) is 0 Å². The number of rotatable bonds is 8. The highest BCUT2D eigenvalue weighted by molar-refractivity contribution is 7.92. The van der Waals surface area contributed by atoms with Crippen LogP contribution in [-0.2, 0) is 14.8 Å². The molecule has 1 N–H and O–H groups in total. The van der Waals surface area contributed by atoms with Crippen LogP contribution in [0.2, 0.25) is 5.02 Å². The Kier molecular flexibility index (Phi) is 7.34. The molecule has 0 aliphatic rings. The number of anilines is 2. The van der Waals surface area contributed by atoms with E-state index >= 15 is 0 Å². The van der Waals surface area contributed by atoms with Gasteiger partial charge in [-0.2, -0.15) is 0 Å². The first-order valence-corrected chi connectivity index (χ1v) is 13.0. The number of nitrogens with one attached hydrogen (secondary N) is 1. The lowest BCUT2D eigenvalue weighted by atomic mass is 10.2. The highest BCUT2D eigenvalue weighted by Gasteiger charge is 2.28. The summed E-state index contributed by atoms with van der Waals surface area (Å²) in [7, 11) is -2.59. The number of aromatic nitrogens is 2. The van der Waals surface area contributed by atoms with E-state index in [9.17, 15) is 13.2 Å². The number of hydrogen-bond acceptors (Lipinski definition) is 7. The van der Waals surface area contributed by atoms with Gasteiger partial charge in [0.25, 0.3) is 10.0 Å². The highest BCUT2D eigenvalue weighted by atomic mass is 35.5. The normalized spacial score (nSPS) is 11.2. The van der Waals surface area contributed by atoms with Crippen molar-refractivity contribution in [2.24, 2.45) is 0 Å².